The maximum absolute atomic E-state index is 12.8. The Balaban J connectivity index is 1.48. The van der Waals surface area contributed by atoms with Gasteiger partial charge in [0, 0.05) is 30.2 Å². The van der Waals surface area contributed by atoms with Crippen LogP contribution in [0.1, 0.15) is 31.0 Å². The van der Waals surface area contributed by atoms with Crippen molar-refractivity contribution in [1.29, 1.82) is 0 Å². The number of aromatic nitrogens is 1. The summed E-state index contributed by atoms with van der Waals surface area (Å²) in [5.41, 5.74) is 0.0529. The number of rotatable bonds is 6. The summed E-state index contributed by atoms with van der Waals surface area (Å²) < 4.78 is 43.5. The molecular weight excluding hydrogens is 433 g/mol. The third-order valence-electron chi connectivity index (χ3n) is 4.72. The molecule has 0 radical (unpaired) electrons. The van der Waals surface area contributed by atoms with Crippen LogP contribution in [0.25, 0.3) is 0 Å². The number of alkyl halides is 3. The fourth-order valence-corrected chi connectivity index (χ4v) is 3.94. The fourth-order valence-electron chi connectivity index (χ4n) is 3.21. The van der Waals surface area contributed by atoms with Crippen LogP contribution in [-0.2, 0) is 22.1 Å². The molecule has 2 amide bonds. The van der Waals surface area contributed by atoms with Gasteiger partial charge >= 0.3 is 12.3 Å². The van der Waals surface area contributed by atoms with Crippen molar-refractivity contribution >= 4 is 34.2 Å². The zero-order chi connectivity index (χ0) is 22.4. The summed E-state index contributed by atoms with van der Waals surface area (Å²) in [4.78, 5) is 29.9. The largest absolute Gasteiger partial charge is 0.450 e. The first-order valence-corrected chi connectivity index (χ1v) is 10.7. The van der Waals surface area contributed by atoms with Gasteiger partial charge < -0.3 is 20.3 Å². The number of carbonyl (C=O) groups is 2. The van der Waals surface area contributed by atoms with E-state index in [-0.39, 0.29) is 30.2 Å². The Morgan fingerprint density at radius 1 is 1.29 bits per heavy atom. The van der Waals surface area contributed by atoms with E-state index in [1.54, 1.807) is 17.2 Å². The highest BCUT2D eigenvalue weighted by molar-refractivity contribution is 7.13. The van der Waals surface area contributed by atoms with Crippen LogP contribution in [0.2, 0.25) is 0 Å². The van der Waals surface area contributed by atoms with Crippen molar-refractivity contribution in [1.82, 2.24) is 15.2 Å². The SMILES string of the molecule is CCOC(=O)N1CCC(NC(=O)Cc2csc(Nc3cccc(C(F)(F)F)c3)n2)CC1. The number of anilines is 2. The first kappa shape index (κ1) is 22.9. The molecule has 2 aromatic rings. The van der Waals surface area contributed by atoms with E-state index in [0.29, 0.717) is 43.4 Å². The average molecular weight is 456 g/mol. The zero-order valence-electron chi connectivity index (χ0n) is 16.9. The minimum Gasteiger partial charge on any atom is -0.450 e. The highest BCUT2D eigenvalue weighted by Crippen LogP contribution is 2.31. The van der Waals surface area contributed by atoms with E-state index in [9.17, 15) is 22.8 Å². The van der Waals surface area contributed by atoms with Gasteiger partial charge in [-0.2, -0.15) is 13.2 Å². The molecule has 11 heteroatoms. The van der Waals surface area contributed by atoms with Gasteiger partial charge in [-0.15, -0.1) is 11.3 Å². The molecule has 0 saturated carbocycles. The normalized spacial score (nSPS) is 14.9. The molecule has 31 heavy (non-hydrogen) atoms. The van der Waals surface area contributed by atoms with Gasteiger partial charge in [0.1, 0.15) is 0 Å². The van der Waals surface area contributed by atoms with Crippen LogP contribution in [0.3, 0.4) is 0 Å². The van der Waals surface area contributed by atoms with E-state index in [2.05, 4.69) is 15.6 Å². The van der Waals surface area contributed by atoms with Crippen molar-refractivity contribution in [2.24, 2.45) is 0 Å². The lowest BCUT2D eigenvalue weighted by Crippen LogP contribution is -2.47. The molecule has 0 atom stereocenters. The second kappa shape index (κ2) is 9.99. The Morgan fingerprint density at radius 3 is 2.71 bits per heavy atom. The molecule has 1 fully saturated rings. The molecule has 0 unspecified atom stereocenters. The quantitative estimate of drug-likeness (QED) is 0.681. The van der Waals surface area contributed by atoms with Gasteiger partial charge in [-0.1, -0.05) is 6.07 Å². The van der Waals surface area contributed by atoms with E-state index in [1.807, 2.05) is 0 Å². The van der Waals surface area contributed by atoms with E-state index in [4.69, 9.17) is 4.74 Å². The van der Waals surface area contributed by atoms with Crippen molar-refractivity contribution < 1.29 is 27.5 Å². The predicted octanol–water partition coefficient (Wildman–Crippen LogP) is 4.19. The summed E-state index contributed by atoms with van der Waals surface area (Å²) in [6.45, 7) is 3.12. The Bertz CT molecular complexity index is 911. The smallest absolute Gasteiger partial charge is 0.416 e. The summed E-state index contributed by atoms with van der Waals surface area (Å²) in [6, 6.07) is 4.82. The van der Waals surface area contributed by atoms with E-state index >= 15 is 0 Å². The molecule has 0 aliphatic carbocycles. The summed E-state index contributed by atoms with van der Waals surface area (Å²) >= 11 is 1.21. The summed E-state index contributed by atoms with van der Waals surface area (Å²) in [5.74, 6) is -0.189. The summed E-state index contributed by atoms with van der Waals surface area (Å²) in [5, 5.41) is 7.89. The molecule has 1 saturated heterocycles. The van der Waals surface area contributed by atoms with Crippen LogP contribution in [0, 0.1) is 0 Å². The van der Waals surface area contributed by atoms with Crippen LogP contribution in [0.4, 0.5) is 28.8 Å². The van der Waals surface area contributed by atoms with Gasteiger partial charge in [-0.3, -0.25) is 4.79 Å². The molecule has 1 aromatic heterocycles. The molecule has 7 nitrogen and oxygen atoms in total. The minimum absolute atomic E-state index is 0.0282. The highest BCUT2D eigenvalue weighted by Gasteiger charge is 2.30. The predicted molar refractivity (Wildman–Crippen MR) is 110 cm³/mol. The molecule has 0 bridgehead atoms. The Kier molecular flexibility index (Phi) is 7.37. The summed E-state index contributed by atoms with van der Waals surface area (Å²) in [6.07, 6.45) is -3.40. The molecule has 1 aromatic carbocycles. The maximum Gasteiger partial charge on any atom is 0.416 e. The molecule has 1 aliphatic heterocycles. The van der Waals surface area contributed by atoms with Gasteiger partial charge in [0.2, 0.25) is 5.91 Å². The number of benzene rings is 1. The van der Waals surface area contributed by atoms with Crippen molar-refractivity contribution in [2.45, 2.75) is 38.4 Å². The number of nitrogens with one attached hydrogen (secondary N) is 2. The monoisotopic (exact) mass is 456 g/mol. The highest BCUT2D eigenvalue weighted by atomic mass is 32.1. The number of piperidine rings is 1. The topological polar surface area (TPSA) is 83.6 Å². The van der Waals surface area contributed by atoms with E-state index in [1.165, 1.54) is 23.5 Å². The lowest BCUT2D eigenvalue weighted by molar-refractivity contribution is -0.137. The number of ether oxygens (including phenoxy) is 1. The fraction of sp³-hybridized carbons (Fsp3) is 0.450. The van der Waals surface area contributed by atoms with Gasteiger partial charge in [0.05, 0.1) is 24.3 Å². The first-order chi connectivity index (χ1) is 14.7. The van der Waals surface area contributed by atoms with Gasteiger partial charge in [-0.25, -0.2) is 9.78 Å². The number of carbonyl (C=O) groups excluding carboxylic acids is 2. The first-order valence-electron chi connectivity index (χ1n) is 9.84. The van der Waals surface area contributed by atoms with Gasteiger partial charge in [0.15, 0.2) is 5.13 Å². The van der Waals surface area contributed by atoms with Crippen molar-refractivity contribution in [3.63, 3.8) is 0 Å². The van der Waals surface area contributed by atoms with Crippen LogP contribution < -0.4 is 10.6 Å². The van der Waals surface area contributed by atoms with Crippen molar-refractivity contribution in [2.75, 3.05) is 25.0 Å². The molecule has 2 heterocycles. The average Bonchev–Trinajstić information content (AvgIpc) is 3.14. The molecule has 2 N–H and O–H groups in total. The number of likely N-dealkylation sites (tertiary alicyclic amines) is 1. The lowest BCUT2D eigenvalue weighted by Gasteiger charge is -2.31. The third kappa shape index (κ3) is 6.58. The molecular formula is C20H23F3N4O3S. The van der Waals surface area contributed by atoms with Crippen molar-refractivity contribution in [3.05, 3.63) is 40.9 Å². The Hall–Kier alpha value is -2.82. The zero-order valence-corrected chi connectivity index (χ0v) is 17.7. The molecule has 168 valence electrons. The molecule has 3 rings (SSSR count). The van der Waals surface area contributed by atoms with E-state index < -0.39 is 11.7 Å². The van der Waals surface area contributed by atoms with Crippen LogP contribution in [0.15, 0.2) is 29.6 Å². The second-order valence-corrected chi connectivity index (χ2v) is 7.91. The van der Waals surface area contributed by atoms with Crippen molar-refractivity contribution in [3.8, 4) is 0 Å². The number of hydrogen-bond acceptors (Lipinski definition) is 6. The summed E-state index contributed by atoms with van der Waals surface area (Å²) in [7, 11) is 0. The van der Waals surface area contributed by atoms with Gasteiger partial charge in [0.25, 0.3) is 0 Å². The number of thiazole rings is 1. The molecule has 1 aliphatic rings. The van der Waals surface area contributed by atoms with Gasteiger partial charge in [-0.05, 0) is 38.0 Å². The second-order valence-electron chi connectivity index (χ2n) is 7.05. The Labute approximate surface area is 181 Å². The maximum atomic E-state index is 12.8. The standard InChI is InChI=1S/C20H23F3N4O3S/c1-2-30-19(29)27-8-6-14(7-9-27)24-17(28)11-16-12-31-18(26-16)25-15-5-3-4-13(10-15)20(21,22)23/h3-5,10,12,14H,2,6-9,11H2,1H3,(H,24,28)(H,25,26). The van der Waals surface area contributed by atoms with Crippen LogP contribution in [0.5, 0.6) is 0 Å². The molecule has 0 spiro atoms. The minimum atomic E-state index is -4.42. The lowest BCUT2D eigenvalue weighted by atomic mass is 10.1. The Morgan fingerprint density at radius 2 is 2.03 bits per heavy atom. The number of amides is 2. The number of hydrogen-bond donors (Lipinski definition) is 2. The third-order valence-corrected chi connectivity index (χ3v) is 5.53. The van der Waals surface area contributed by atoms with E-state index in [0.717, 1.165) is 12.1 Å². The van der Waals surface area contributed by atoms with Crippen LogP contribution in [-0.4, -0.2) is 47.6 Å². The number of nitrogens with zero attached hydrogens (tertiary/aromatic N) is 2. The number of halogens is 3. The van der Waals surface area contributed by atoms with Crippen LogP contribution >= 0.6 is 11.3 Å².